The summed E-state index contributed by atoms with van der Waals surface area (Å²) in [7, 11) is 0. The fraction of sp³-hybridized carbons (Fsp3) is 0.696. The van der Waals surface area contributed by atoms with Crippen molar-refractivity contribution in [3.05, 3.63) is 17.2 Å². The van der Waals surface area contributed by atoms with Crippen LogP contribution in [-0.4, -0.2) is 38.1 Å². The number of aliphatic hydroxyl groups is 1. The molecule has 0 fully saturated rings. The van der Waals surface area contributed by atoms with Crippen molar-refractivity contribution in [2.24, 2.45) is 0 Å². The Kier molecular flexibility index (Phi) is 12.9. The number of aromatic hydroxyl groups is 3. The Labute approximate surface area is 174 Å². The number of unbranched alkanes of at least 4 members (excludes halogenated alkanes) is 13. The number of benzene rings is 1. The lowest BCUT2D eigenvalue weighted by atomic mass is 9.98. The number of phenols is 3. The Hall–Kier alpha value is -1.95. The van der Waals surface area contributed by atoms with Crippen molar-refractivity contribution in [1.82, 2.24) is 0 Å². The fourth-order valence-electron chi connectivity index (χ4n) is 3.66. The van der Waals surface area contributed by atoms with Gasteiger partial charge in [0.05, 0.1) is 5.56 Å². The van der Waals surface area contributed by atoms with E-state index in [1.54, 1.807) is 0 Å². The lowest BCUT2D eigenvalue weighted by molar-refractivity contribution is 0.0694. The van der Waals surface area contributed by atoms with Gasteiger partial charge in [0.15, 0.2) is 11.5 Å². The highest BCUT2D eigenvalue weighted by Gasteiger charge is 2.20. The molecule has 0 radical (unpaired) electrons. The summed E-state index contributed by atoms with van der Waals surface area (Å²) in [5.41, 5.74) is 0.0235. The van der Waals surface area contributed by atoms with Crippen molar-refractivity contribution in [1.29, 1.82) is 0 Å². The van der Waals surface area contributed by atoms with E-state index in [2.05, 4.69) is 0 Å². The summed E-state index contributed by atoms with van der Waals surface area (Å²) in [5.74, 6) is -3.04. The van der Waals surface area contributed by atoms with Gasteiger partial charge in [-0.15, -0.1) is 0 Å². The number of carbonyl (C=O) groups is 1. The van der Waals surface area contributed by atoms with Crippen LogP contribution in [0.1, 0.15) is 106 Å². The lowest BCUT2D eigenvalue weighted by Gasteiger charge is -2.11. The summed E-state index contributed by atoms with van der Waals surface area (Å²) >= 11 is 0. The van der Waals surface area contributed by atoms with Gasteiger partial charge in [-0.05, 0) is 25.3 Å². The van der Waals surface area contributed by atoms with E-state index in [1.807, 2.05) is 0 Å². The predicted molar refractivity (Wildman–Crippen MR) is 114 cm³/mol. The number of rotatable bonds is 17. The second-order valence-corrected chi connectivity index (χ2v) is 7.85. The van der Waals surface area contributed by atoms with Gasteiger partial charge in [0.25, 0.3) is 0 Å². The molecule has 0 bridgehead atoms. The second kappa shape index (κ2) is 15.0. The summed E-state index contributed by atoms with van der Waals surface area (Å²) in [6.45, 7) is 0.312. The van der Waals surface area contributed by atoms with E-state index in [9.17, 15) is 25.2 Å². The number of phenolic OH excluding ortho intramolecular Hbond substituents is 3. The van der Waals surface area contributed by atoms with Crippen molar-refractivity contribution in [3.8, 4) is 17.2 Å². The lowest BCUT2D eigenvalue weighted by Crippen LogP contribution is -2.03. The Balaban J connectivity index is 2.08. The van der Waals surface area contributed by atoms with Gasteiger partial charge in [-0.25, -0.2) is 4.79 Å². The molecule has 6 nitrogen and oxygen atoms in total. The predicted octanol–water partition coefficient (Wildman–Crippen LogP) is 5.50. The van der Waals surface area contributed by atoms with Crippen LogP contribution < -0.4 is 0 Å². The van der Waals surface area contributed by atoms with Crippen molar-refractivity contribution in [2.75, 3.05) is 6.61 Å². The zero-order chi connectivity index (χ0) is 21.5. The summed E-state index contributed by atoms with van der Waals surface area (Å²) < 4.78 is 0. The maximum Gasteiger partial charge on any atom is 0.336 e. The molecule has 166 valence electrons. The zero-order valence-electron chi connectivity index (χ0n) is 17.5. The molecule has 0 saturated heterocycles. The van der Waals surface area contributed by atoms with Crippen LogP contribution >= 0.6 is 0 Å². The van der Waals surface area contributed by atoms with Crippen LogP contribution in [0.25, 0.3) is 0 Å². The van der Waals surface area contributed by atoms with E-state index >= 15 is 0 Å². The monoisotopic (exact) mass is 410 g/mol. The van der Waals surface area contributed by atoms with Crippen LogP contribution in [0.2, 0.25) is 0 Å². The number of carboxylic acids is 1. The van der Waals surface area contributed by atoms with Crippen molar-refractivity contribution in [3.63, 3.8) is 0 Å². The molecule has 0 unspecified atom stereocenters. The minimum Gasteiger partial charge on any atom is -0.504 e. The maximum absolute atomic E-state index is 11.3. The number of hydrogen-bond acceptors (Lipinski definition) is 5. The number of carboxylic acid groups (broad SMARTS) is 1. The Morgan fingerprint density at radius 2 is 1.07 bits per heavy atom. The highest BCUT2D eigenvalue weighted by atomic mass is 16.4. The van der Waals surface area contributed by atoms with E-state index in [4.69, 9.17) is 5.11 Å². The molecule has 0 heterocycles. The van der Waals surface area contributed by atoms with Crippen LogP contribution in [0.15, 0.2) is 6.07 Å². The molecule has 0 aliphatic heterocycles. The van der Waals surface area contributed by atoms with Gasteiger partial charge in [-0.2, -0.15) is 0 Å². The van der Waals surface area contributed by atoms with E-state index in [0.717, 1.165) is 44.6 Å². The van der Waals surface area contributed by atoms with Crippen LogP contribution in [0.3, 0.4) is 0 Å². The normalized spacial score (nSPS) is 11.1. The van der Waals surface area contributed by atoms with Crippen LogP contribution in [0, 0.1) is 0 Å². The standard InChI is InChI=1S/C23H38O6/c24-16-14-12-10-8-6-4-2-1-3-5-7-9-11-13-15-18-19(23(28)29)17-20(25)22(27)21(18)26/h17,24-27H,1-16H2,(H,28,29). The number of aliphatic hydroxyl groups excluding tert-OH is 1. The zero-order valence-corrected chi connectivity index (χ0v) is 17.5. The molecule has 1 aromatic rings. The molecular formula is C23H38O6. The maximum atomic E-state index is 11.3. The molecular weight excluding hydrogens is 372 g/mol. The third-order valence-corrected chi connectivity index (χ3v) is 5.42. The molecule has 1 aromatic carbocycles. The molecule has 6 heteroatoms. The first kappa shape index (κ1) is 25.1. The molecule has 0 saturated carbocycles. The summed E-state index contributed by atoms with van der Waals surface area (Å²) in [6, 6.07) is 0.988. The average Bonchev–Trinajstić information content (AvgIpc) is 2.70. The average molecular weight is 411 g/mol. The molecule has 0 atom stereocenters. The quantitative estimate of drug-likeness (QED) is 0.171. The van der Waals surface area contributed by atoms with E-state index in [1.165, 1.54) is 51.4 Å². The first-order valence-electron chi connectivity index (χ1n) is 11.1. The fourth-order valence-corrected chi connectivity index (χ4v) is 3.66. The minimum absolute atomic E-state index is 0.161. The highest BCUT2D eigenvalue weighted by Crippen LogP contribution is 2.40. The molecule has 1 rings (SSSR count). The molecule has 0 amide bonds. The Bertz CT molecular complexity index is 600. The van der Waals surface area contributed by atoms with Gasteiger partial charge in [0, 0.05) is 12.2 Å². The van der Waals surface area contributed by atoms with Crippen LogP contribution in [-0.2, 0) is 6.42 Å². The van der Waals surface area contributed by atoms with E-state index < -0.39 is 23.2 Å². The molecule has 0 aliphatic carbocycles. The van der Waals surface area contributed by atoms with Gasteiger partial charge < -0.3 is 25.5 Å². The minimum atomic E-state index is -1.23. The SMILES string of the molecule is O=C(O)c1cc(O)c(O)c(O)c1CCCCCCCCCCCCCCCCO. The Morgan fingerprint density at radius 3 is 1.48 bits per heavy atom. The molecule has 29 heavy (non-hydrogen) atoms. The van der Waals surface area contributed by atoms with Gasteiger partial charge in [0.2, 0.25) is 5.75 Å². The smallest absolute Gasteiger partial charge is 0.336 e. The largest absolute Gasteiger partial charge is 0.504 e. The van der Waals surface area contributed by atoms with E-state index in [-0.39, 0.29) is 11.1 Å². The van der Waals surface area contributed by atoms with Crippen molar-refractivity contribution < 1.29 is 30.3 Å². The molecule has 5 N–H and O–H groups in total. The van der Waals surface area contributed by atoms with Gasteiger partial charge in [0.1, 0.15) is 0 Å². The summed E-state index contributed by atoms with van der Waals surface area (Å²) in [4.78, 5) is 11.3. The molecule has 0 aromatic heterocycles. The second-order valence-electron chi connectivity index (χ2n) is 7.85. The van der Waals surface area contributed by atoms with Gasteiger partial charge >= 0.3 is 5.97 Å². The number of hydrogen-bond donors (Lipinski definition) is 5. The van der Waals surface area contributed by atoms with Crippen LogP contribution in [0.5, 0.6) is 17.2 Å². The van der Waals surface area contributed by atoms with Gasteiger partial charge in [-0.1, -0.05) is 77.0 Å². The van der Waals surface area contributed by atoms with Crippen molar-refractivity contribution in [2.45, 2.75) is 96.3 Å². The first-order valence-corrected chi connectivity index (χ1v) is 11.1. The van der Waals surface area contributed by atoms with Gasteiger partial charge in [-0.3, -0.25) is 0 Å². The third-order valence-electron chi connectivity index (χ3n) is 5.42. The summed E-state index contributed by atoms with van der Waals surface area (Å²) in [5, 5.41) is 47.0. The topological polar surface area (TPSA) is 118 Å². The highest BCUT2D eigenvalue weighted by molar-refractivity contribution is 5.91. The summed E-state index contributed by atoms with van der Waals surface area (Å²) in [6.07, 6.45) is 16.5. The first-order chi connectivity index (χ1) is 14.0. The van der Waals surface area contributed by atoms with Crippen molar-refractivity contribution >= 4 is 5.97 Å². The third kappa shape index (κ3) is 9.88. The number of aromatic carboxylic acids is 1. The Morgan fingerprint density at radius 1 is 0.655 bits per heavy atom. The molecule has 0 aliphatic rings. The molecule has 0 spiro atoms. The van der Waals surface area contributed by atoms with Crippen LogP contribution in [0.4, 0.5) is 0 Å². The van der Waals surface area contributed by atoms with E-state index in [0.29, 0.717) is 13.0 Å².